The van der Waals surface area contributed by atoms with Crippen LogP contribution in [0.1, 0.15) is 22.8 Å². The lowest BCUT2D eigenvalue weighted by atomic mass is 9.97. The van der Waals surface area contributed by atoms with Gasteiger partial charge in [-0.2, -0.15) is 26.3 Å². The predicted octanol–water partition coefficient (Wildman–Crippen LogP) is 4.06. The third-order valence-corrected chi connectivity index (χ3v) is 3.04. The molecular weight excluding hydrogens is 316 g/mol. The highest BCUT2D eigenvalue weighted by Gasteiger charge is 2.40. The standard InChI is InChI=1S/C13H9F6NO2/c1-2-9-10(22-11(21)20-9)6-3-7(12(14,15)16)5-8(4-6)13(17,18)19/h2-5,9-10H,1H2,(H,20,21)/t9-,10+/m1/s1. The van der Waals surface area contributed by atoms with Gasteiger partial charge in [0.2, 0.25) is 0 Å². The number of ether oxygens (including phenoxy) is 1. The van der Waals surface area contributed by atoms with E-state index in [2.05, 4.69) is 11.9 Å². The Labute approximate surface area is 120 Å². The van der Waals surface area contributed by atoms with Crippen molar-refractivity contribution in [3.63, 3.8) is 0 Å². The van der Waals surface area contributed by atoms with Gasteiger partial charge in [0.05, 0.1) is 17.2 Å². The van der Waals surface area contributed by atoms with E-state index in [0.717, 1.165) is 0 Å². The molecule has 120 valence electrons. The maximum atomic E-state index is 12.8. The van der Waals surface area contributed by atoms with Crippen LogP contribution in [0.15, 0.2) is 30.9 Å². The second kappa shape index (κ2) is 5.22. The van der Waals surface area contributed by atoms with Crippen molar-refractivity contribution in [1.29, 1.82) is 0 Å². The summed E-state index contributed by atoms with van der Waals surface area (Å²) in [6.07, 6.45) is -11.0. The van der Waals surface area contributed by atoms with E-state index in [1.54, 1.807) is 0 Å². The van der Waals surface area contributed by atoms with Crippen molar-refractivity contribution in [2.45, 2.75) is 24.5 Å². The number of benzene rings is 1. The maximum absolute atomic E-state index is 12.8. The molecule has 1 aliphatic heterocycles. The number of alkyl halides is 6. The molecule has 0 aromatic heterocycles. The number of halogens is 6. The van der Waals surface area contributed by atoms with Gasteiger partial charge >= 0.3 is 18.4 Å². The van der Waals surface area contributed by atoms with Gasteiger partial charge in [0.15, 0.2) is 6.10 Å². The summed E-state index contributed by atoms with van der Waals surface area (Å²) < 4.78 is 81.3. The Bertz CT molecular complexity index is 575. The van der Waals surface area contributed by atoms with Crippen molar-refractivity contribution in [3.05, 3.63) is 47.5 Å². The minimum absolute atomic E-state index is 0.0105. The molecule has 1 N–H and O–H groups in total. The predicted molar refractivity (Wildman–Crippen MR) is 62.8 cm³/mol. The molecule has 3 nitrogen and oxygen atoms in total. The molecule has 22 heavy (non-hydrogen) atoms. The van der Waals surface area contributed by atoms with E-state index in [1.165, 1.54) is 6.08 Å². The third kappa shape index (κ3) is 3.18. The lowest BCUT2D eigenvalue weighted by Gasteiger charge is -2.18. The minimum atomic E-state index is -4.96. The first-order valence-corrected chi connectivity index (χ1v) is 5.91. The molecule has 0 bridgehead atoms. The molecule has 0 radical (unpaired) electrons. The van der Waals surface area contributed by atoms with Crippen LogP contribution in [0.2, 0.25) is 0 Å². The number of hydrogen-bond donors (Lipinski definition) is 1. The summed E-state index contributed by atoms with van der Waals surface area (Å²) >= 11 is 0. The van der Waals surface area contributed by atoms with Crippen molar-refractivity contribution in [2.75, 3.05) is 0 Å². The number of carbonyl (C=O) groups excluding carboxylic acids is 1. The average Bonchev–Trinajstić information content (AvgIpc) is 2.77. The van der Waals surface area contributed by atoms with Crippen LogP contribution >= 0.6 is 0 Å². The lowest BCUT2D eigenvalue weighted by Crippen LogP contribution is -2.25. The smallest absolute Gasteiger partial charge is 0.416 e. The number of hydrogen-bond acceptors (Lipinski definition) is 2. The van der Waals surface area contributed by atoms with E-state index in [4.69, 9.17) is 4.74 Å². The summed E-state index contributed by atoms with van der Waals surface area (Å²) in [4.78, 5) is 11.1. The topological polar surface area (TPSA) is 38.3 Å². The molecule has 9 heteroatoms. The van der Waals surface area contributed by atoms with Gasteiger partial charge in [-0.25, -0.2) is 4.79 Å². The van der Waals surface area contributed by atoms with Gasteiger partial charge in [-0.1, -0.05) is 6.08 Å². The van der Waals surface area contributed by atoms with E-state index < -0.39 is 47.3 Å². The molecule has 1 amide bonds. The van der Waals surface area contributed by atoms with Gasteiger partial charge in [-0.05, 0) is 23.8 Å². The summed E-state index contributed by atoms with van der Waals surface area (Å²) in [6.45, 7) is 3.36. The molecule has 2 rings (SSSR count). The summed E-state index contributed by atoms with van der Waals surface area (Å²) in [7, 11) is 0. The molecule has 1 heterocycles. The van der Waals surface area contributed by atoms with E-state index >= 15 is 0 Å². The number of amides is 1. The number of cyclic esters (lactones) is 1. The van der Waals surface area contributed by atoms with Gasteiger partial charge < -0.3 is 10.1 Å². The monoisotopic (exact) mass is 325 g/mol. The first-order valence-electron chi connectivity index (χ1n) is 5.91. The Kier molecular flexibility index (Phi) is 3.84. The van der Waals surface area contributed by atoms with Crippen LogP contribution in [-0.4, -0.2) is 12.1 Å². The van der Waals surface area contributed by atoms with Crippen molar-refractivity contribution >= 4 is 6.09 Å². The molecular formula is C13H9F6NO2. The van der Waals surface area contributed by atoms with Gasteiger partial charge in [0, 0.05) is 0 Å². The first-order chi connectivity index (χ1) is 10.0. The number of carbonyl (C=O) groups is 1. The van der Waals surface area contributed by atoms with Gasteiger partial charge in [0.1, 0.15) is 0 Å². The van der Waals surface area contributed by atoms with Crippen molar-refractivity contribution in [3.8, 4) is 0 Å². The van der Waals surface area contributed by atoms with Crippen molar-refractivity contribution < 1.29 is 35.9 Å². The van der Waals surface area contributed by atoms with Crippen LogP contribution in [0, 0.1) is 0 Å². The summed E-state index contributed by atoms with van der Waals surface area (Å²) in [5.41, 5.74) is -3.35. The Morgan fingerprint density at radius 3 is 1.95 bits per heavy atom. The van der Waals surface area contributed by atoms with Crippen molar-refractivity contribution in [1.82, 2.24) is 5.32 Å². The van der Waals surface area contributed by atoms with Crippen molar-refractivity contribution in [2.24, 2.45) is 0 Å². The summed E-state index contributed by atoms with van der Waals surface area (Å²) in [5, 5.41) is 2.23. The molecule has 0 aliphatic carbocycles. The first kappa shape index (κ1) is 16.2. The zero-order chi connectivity index (χ0) is 16.7. The highest BCUT2D eigenvalue weighted by atomic mass is 19.4. The highest BCUT2D eigenvalue weighted by Crippen LogP contribution is 2.39. The molecule has 1 aliphatic rings. The van der Waals surface area contributed by atoms with Crippen LogP contribution in [0.4, 0.5) is 31.1 Å². The van der Waals surface area contributed by atoms with Gasteiger partial charge in [0.25, 0.3) is 0 Å². The third-order valence-electron chi connectivity index (χ3n) is 3.04. The fourth-order valence-electron chi connectivity index (χ4n) is 2.04. The van der Waals surface area contributed by atoms with E-state index in [-0.39, 0.29) is 6.07 Å². The van der Waals surface area contributed by atoms with Crippen LogP contribution in [0.3, 0.4) is 0 Å². The van der Waals surface area contributed by atoms with Crippen LogP contribution in [-0.2, 0) is 17.1 Å². The second-order valence-electron chi connectivity index (χ2n) is 4.57. The fourth-order valence-corrected chi connectivity index (χ4v) is 2.04. The Morgan fingerprint density at radius 1 is 1.05 bits per heavy atom. The van der Waals surface area contributed by atoms with E-state index in [1.807, 2.05) is 0 Å². The average molecular weight is 325 g/mol. The zero-order valence-electron chi connectivity index (χ0n) is 10.8. The molecule has 0 spiro atoms. The molecule has 1 fully saturated rings. The quantitative estimate of drug-likeness (QED) is 0.658. The fraction of sp³-hybridized carbons (Fsp3) is 0.308. The molecule has 1 aromatic carbocycles. The van der Waals surface area contributed by atoms with E-state index in [9.17, 15) is 31.1 Å². The Balaban J connectivity index is 2.55. The second-order valence-corrected chi connectivity index (χ2v) is 4.57. The van der Waals surface area contributed by atoms with E-state index in [0.29, 0.717) is 12.1 Å². The van der Waals surface area contributed by atoms with Crippen LogP contribution in [0.5, 0.6) is 0 Å². The molecule has 2 atom stereocenters. The number of nitrogens with one attached hydrogen (secondary N) is 1. The number of alkyl carbamates (subject to hydrolysis) is 1. The van der Waals surface area contributed by atoms with Gasteiger partial charge in [-0.3, -0.25) is 0 Å². The minimum Gasteiger partial charge on any atom is -0.439 e. The molecule has 1 saturated heterocycles. The summed E-state index contributed by atoms with van der Waals surface area (Å²) in [5.74, 6) is 0. The normalized spacial score (nSPS) is 22.2. The molecule has 0 unspecified atom stereocenters. The van der Waals surface area contributed by atoms with Crippen LogP contribution in [0.25, 0.3) is 0 Å². The largest absolute Gasteiger partial charge is 0.439 e. The highest BCUT2D eigenvalue weighted by molar-refractivity contribution is 5.71. The van der Waals surface area contributed by atoms with Gasteiger partial charge in [-0.15, -0.1) is 6.58 Å². The Morgan fingerprint density at radius 2 is 1.55 bits per heavy atom. The van der Waals surface area contributed by atoms with Crippen LogP contribution < -0.4 is 5.32 Å². The Hall–Kier alpha value is -2.19. The lowest BCUT2D eigenvalue weighted by molar-refractivity contribution is -0.143. The zero-order valence-corrected chi connectivity index (χ0v) is 10.8. The number of rotatable bonds is 2. The molecule has 1 aromatic rings. The SMILES string of the molecule is C=C[C@H]1NC(=O)O[C@H]1c1cc(C(F)(F)F)cc(C(F)(F)F)c1. The summed E-state index contributed by atoms with van der Waals surface area (Å²) in [6, 6.07) is 0.140. The maximum Gasteiger partial charge on any atom is 0.416 e. The molecule has 0 saturated carbocycles.